The molecular weight excluding hydrogens is 486 g/mol. The predicted octanol–water partition coefficient (Wildman–Crippen LogP) is 8.58. The molecule has 0 bridgehead atoms. The highest BCUT2D eigenvalue weighted by molar-refractivity contribution is 7.17. The third-order valence-electron chi connectivity index (χ3n) is 5.13. The van der Waals surface area contributed by atoms with Crippen LogP contribution in [0, 0.1) is 0 Å². The van der Waals surface area contributed by atoms with Gasteiger partial charge in [-0.05, 0) is 112 Å². The Bertz CT molecular complexity index is 1440. The fraction of sp³-hybridized carbons (Fsp3) is 0.267. The fourth-order valence-corrected chi connectivity index (χ4v) is 4.42. The van der Waals surface area contributed by atoms with Crippen LogP contribution >= 0.6 is 11.3 Å². The Balaban J connectivity index is 1.68. The third-order valence-corrected chi connectivity index (χ3v) is 6.03. The highest BCUT2D eigenvalue weighted by atomic mass is 32.1. The average Bonchev–Trinajstić information content (AvgIpc) is 3.24. The van der Waals surface area contributed by atoms with Crippen LogP contribution in [0.15, 0.2) is 72.1 Å². The van der Waals surface area contributed by atoms with Crippen LogP contribution in [0.2, 0.25) is 0 Å². The molecule has 4 aromatic rings. The summed E-state index contributed by atoms with van der Waals surface area (Å²) in [5, 5.41) is 6.57. The molecule has 1 heterocycles. The van der Waals surface area contributed by atoms with Crippen molar-refractivity contribution in [3.8, 4) is 16.9 Å². The summed E-state index contributed by atoms with van der Waals surface area (Å²) in [6.45, 7) is 10.9. The molecule has 37 heavy (non-hydrogen) atoms. The summed E-state index contributed by atoms with van der Waals surface area (Å²) in [5.41, 5.74) is 2.25. The Kier molecular flexibility index (Phi) is 7.28. The van der Waals surface area contributed by atoms with Crippen LogP contribution in [0.4, 0.5) is 16.2 Å². The molecule has 0 aliphatic heterocycles. The minimum atomic E-state index is -0.767. The van der Waals surface area contributed by atoms with Crippen molar-refractivity contribution in [2.75, 3.05) is 5.32 Å². The van der Waals surface area contributed by atoms with E-state index in [0.29, 0.717) is 17.0 Å². The minimum absolute atomic E-state index is 0.361. The molecule has 0 radical (unpaired) electrons. The Morgan fingerprint density at radius 1 is 0.784 bits per heavy atom. The first kappa shape index (κ1) is 26.2. The van der Waals surface area contributed by atoms with E-state index in [4.69, 9.17) is 14.2 Å². The lowest BCUT2D eigenvalue weighted by Crippen LogP contribution is -2.25. The summed E-state index contributed by atoms with van der Waals surface area (Å²) in [4.78, 5) is 25.2. The lowest BCUT2D eigenvalue weighted by molar-refractivity contribution is 0.00695. The molecule has 0 fully saturated rings. The zero-order valence-electron chi connectivity index (χ0n) is 21.9. The van der Waals surface area contributed by atoms with Crippen molar-refractivity contribution in [2.45, 2.75) is 52.7 Å². The van der Waals surface area contributed by atoms with E-state index in [9.17, 15) is 9.59 Å². The zero-order chi connectivity index (χ0) is 26.8. The number of carbonyl (C=O) groups excluding carboxylic acids is 2. The number of rotatable bonds is 5. The van der Waals surface area contributed by atoms with Gasteiger partial charge in [0.1, 0.15) is 17.0 Å². The molecule has 3 aromatic carbocycles. The molecule has 0 saturated carbocycles. The summed E-state index contributed by atoms with van der Waals surface area (Å²) in [6, 6.07) is 20.8. The number of benzene rings is 3. The third kappa shape index (κ3) is 7.11. The van der Waals surface area contributed by atoms with Gasteiger partial charge in [0.2, 0.25) is 0 Å². The number of esters is 1. The van der Waals surface area contributed by atoms with Crippen molar-refractivity contribution in [1.29, 1.82) is 0 Å². The number of ether oxygens (including phenoxy) is 3. The Labute approximate surface area is 221 Å². The van der Waals surface area contributed by atoms with Crippen LogP contribution in [0.1, 0.15) is 51.9 Å². The number of fused-ring (bicyclic) bond motifs is 1. The van der Waals surface area contributed by atoms with Gasteiger partial charge in [0, 0.05) is 10.4 Å². The number of nitrogens with one attached hydrogen (secondary N) is 1. The Morgan fingerprint density at radius 3 is 2.24 bits per heavy atom. The van der Waals surface area contributed by atoms with E-state index in [2.05, 4.69) is 17.4 Å². The van der Waals surface area contributed by atoms with Gasteiger partial charge in [-0.2, -0.15) is 0 Å². The first-order valence-electron chi connectivity index (χ1n) is 12.0. The molecular formula is C30H31NO5S. The van der Waals surface area contributed by atoms with Crippen molar-refractivity contribution in [2.24, 2.45) is 0 Å². The van der Waals surface area contributed by atoms with Gasteiger partial charge in [-0.25, -0.2) is 9.59 Å². The lowest BCUT2D eigenvalue weighted by atomic mass is 10.0. The van der Waals surface area contributed by atoms with E-state index in [1.807, 2.05) is 56.5 Å². The monoisotopic (exact) mass is 517 g/mol. The average molecular weight is 518 g/mol. The second-order valence-electron chi connectivity index (χ2n) is 10.7. The predicted molar refractivity (Wildman–Crippen MR) is 149 cm³/mol. The van der Waals surface area contributed by atoms with Crippen LogP contribution in [0.3, 0.4) is 0 Å². The smallest absolute Gasteiger partial charge is 0.456 e. The standard InChI is InChI=1S/C30H31NO5S/c1-29(2,3)35-27(32)24-12-10-20(18-25(24)31-22-11-13-26-21(16-22)14-15-37-26)19-8-7-9-23(17-19)34-28(33)36-30(4,5)6/h7-18,31H,1-6H3. The van der Waals surface area contributed by atoms with Crippen molar-refractivity contribution in [3.63, 3.8) is 0 Å². The van der Waals surface area contributed by atoms with Crippen molar-refractivity contribution >= 4 is 44.9 Å². The number of carbonyl (C=O) groups is 2. The Hall–Kier alpha value is -3.84. The highest BCUT2D eigenvalue weighted by Crippen LogP contribution is 2.33. The van der Waals surface area contributed by atoms with E-state index in [-0.39, 0.29) is 0 Å². The molecule has 0 amide bonds. The van der Waals surface area contributed by atoms with Gasteiger partial charge in [0.15, 0.2) is 0 Å². The van der Waals surface area contributed by atoms with Crippen LogP contribution in [0.5, 0.6) is 5.75 Å². The van der Waals surface area contributed by atoms with E-state index in [0.717, 1.165) is 22.2 Å². The number of hydrogen-bond acceptors (Lipinski definition) is 7. The van der Waals surface area contributed by atoms with Gasteiger partial charge in [-0.15, -0.1) is 11.3 Å². The van der Waals surface area contributed by atoms with Crippen LogP contribution < -0.4 is 10.1 Å². The van der Waals surface area contributed by atoms with Gasteiger partial charge in [-0.1, -0.05) is 18.2 Å². The normalized spacial score (nSPS) is 11.7. The van der Waals surface area contributed by atoms with E-state index in [1.165, 1.54) is 4.70 Å². The maximum absolute atomic E-state index is 13.0. The molecule has 7 heteroatoms. The second kappa shape index (κ2) is 10.3. The van der Waals surface area contributed by atoms with Crippen molar-refractivity contribution in [3.05, 3.63) is 77.7 Å². The van der Waals surface area contributed by atoms with E-state index < -0.39 is 23.3 Å². The summed E-state index contributed by atoms with van der Waals surface area (Å²) < 4.78 is 17.5. The van der Waals surface area contributed by atoms with Gasteiger partial charge < -0.3 is 19.5 Å². The quantitative estimate of drug-likeness (QED) is 0.211. The fourth-order valence-electron chi connectivity index (χ4n) is 3.64. The minimum Gasteiger partial charge on any atom is -0.456 e. The molecule has 192 valence electrons. The zero-order valence-corrected chi connectivity index (χ0v) is 22.7. The molecule has 1 aromatic heterocycles. The summed E-state index contributed by atoms with van der Waals surface area (Å²) in [6.07, 6.45) is -0.767. The largest absolute Gasteiger partial charge is 0.514 e. The lowest BCUT2D eigenvalue weighted by Gasteiger charge is -2.21. The summed E-state index contributed by atoms with van der Waals surface area (Å²) in [5.74, 6) is -0.0550. The molecule has 0 aliphatic carbocycles. The Morgan fingerprint density at radius 2 is 1.51 bits per heavy atom. The molecule has 0 unspecified atom stereocenters. The summed E-state index contributed by atoms with van der Waals surface area (Å²) in [7, 11) is 0. The molecule has 0 spiro atoms. The topological polar surface area (TPSA) is 73.9 Å². The number of thiophene rings is 1. The molecule has 0 aliphatic rings. The second-order valence-corrected chi connectivity index (χ2v) is 11.6. The number of hydrogen-bond donors (Lipinski definition) is 1. The van der Waals surface area contributed by atoms with E-state index >= 15 is 0 Å². The van der Waals surface area contributed by atoms with Crippen LogP contribution in [-0.2, 0) is 9.47 Å². The SMILES string of the molecule is CC(C)(C)OC(=O)Oc1cccc(-c2ccc(C(=O)OC(C)(C)C)c(Nc3ccc4sccc4c3)c2)c1. The molecule has 0 atom stereocenters. The van der Waals surface area contributed by atoms with Crippen LogP contribution in [-0.4, -0.2) is 23.3 Å². The molecule has 0 saturated heterocycles. The maximum Gasteiger partial charge on any atom is 0.514 e. The van der Waals surface area contributed by atoms with Crippen LogP contribution in [0.25, 0.3) is 21.2 Å². The number of anilines is 2. The van der Waals surface area contributed by atoms with Gasteiger partial charge >= 0.3 is 12.1 Å². The molecule has 4 rings (SSSR count). The van der Waals surface area contributed by atoms with Crippen molar-refractivity contribution < 1.29 is 23.8 Å². The first-order valence-corrected chi connectivity index (χ1v) is 12.9. The van der Waals surface area contributed by atoms with Crippen molar-refractivity contribution in [1.82, 2.24) is 0 Å². The first-order chi connectivity index (χ1) is 17.4. The summed E-state index contributed by atoms with van der Waals surface area (Å²) >= 11 is 1.68. The van der Waals surface area contributed by atoms with Gasteiger partial charge in [0.25, 0.3) is 0 Å². The molecule has 1 N–H and O–H groups in total. The maximum atomic E-state index is 13.0. The molecule has 6 nitrogen and oxygen atoms in total. The van der Waals surface area contributed by atoms with Gasteiger partial charge in [-0.3, -0.25) is 0 Å². The van der Waals surface area contributed by atoms with Gasteiger partial charge in [0.05, 0.1) is 11.3 Å². The van der Waals surface area contributed by atoms with E-state index in [1.54, 1.807) is 56.4 Å². The highest BCUT2D eigenvalue weighted by Gasteiger charge is 2.22.